The fourth-order valence-corrected chi connectivity index (χ4v) is 5.48. The molecule has 1 aliphatic rings. The maximum absolute atomic E-state index is 6.59. The van der Waals surface area contributed by atoms with Crippen LogP contribution in [-0.2, 0) is 38.8 Å². The predicted octanol–water partition coefficient (Wildman–Crippen LogP) is 6.89. The van der Waals surface area contributed by atoms with E-state index >= 15 is 0 Å². The Kier molecular flexibility index (Phi) is 9.43. The predicted molar refractivity (Wildman–Crippen MR) is 147 cm³/mol. The molecule has 0 N–H and O–H groups in total. The molecule has 1 heterocycles. The summed E-state index contributed by atoms with van der Waals surface area (Å²) in [5, 5.41) is 0. The maximum Gasteiger partial charge on any atom is 0.137 e. The van der Waals surface area contributed by atoms with E-state index in [0.29, 0.717) is 26.4 Å². The zero-order valence-electron chi connectivity index (χ0n) is 20.7. The Morgan fingerprint density at radius 2 is 1.00 bits per heavy atom. The number of benzene rings is 4. The van der Waals surface area contributed by atoms with Crippen molar-refractivity contribution in [2.45, 2.75) is 48.5 Å². The van der Waals surface area contributed by atoms with Crippen LogP contribution < -0.4 is 0 Å². The molecule has 190 valence electrons. The molecule has 1 saturated heterocycles. The molecule has 0 aliphatic carbocycles. The first-order valence-corrected chi connectivity index (χ1v) is 13.5. The average molecular weight is 513 g/mol. The minimum atomic E-state index is -0.277. The molecule has 0 spiro atoms. The van der Waals surface area contributed by atoms with E-state index in [1.807, 2.05) is 72.8 Å². The lowest BCUT2D eigenvalue weighted by atomic mass is 10.1. The highest BCUT2D eigenvalue weighted by atomic mass is 32.2. The van der Waals surface area contributed by atoms with Crippen molar-refractivity contribution in [1.82, 2.24) is 0 Å². The smallest absolute Gasteiger partial charge is 0.137 e. The molecule has 1 aliphatic heterocycles. The molecule has 1 fully saturated rings. The summed E-state index contributed by atoms with van der Waals surface area (Å²) >= 11 is 1.67. The van der Waals surface area contributed by atoms with Gasteiger partial charge < -0.3 is 18.9 Å². The van der Waals surface area contributed by atoms with Gasteiger partial charge in [-0.05, 0) is 28.8 Å². The van der Waals surface area contributed by atoms with Crippen molar-refractivity contribution in [1.29, 1.82) is 0 Å². The minimum absolute atomic E-state index is 0.225. The molecule has 0 aromatic heterocycles. The van der Waals surface area contributed by atoms with Crippen LogP contribution >= 0.6 is 11.8 Å². The summed E-state index contributed by atoms with van der Waals surface area (Å²) in [5.74, 6) is 0. The summed E-state index contributed by atoms with van der Waals surface area (Å²) < 4.78 is 25.8. The number of hydrogen-bond acceptors (Lipinski definition) is 5. The summed E-state index contributed by atoms with van der Waals surface area (Å²) in [5.41, 5.74) is 3.15. The van der Waals surface area contributed by atoms with Crippen molar-refractivity contribution >= 4 is 11.8 Å². The standard InChI is InChI=1S/C32H32O4S/c1-5-13-25(14-6-1)21-33-24-29-30(34-22-26-15-7-2-8-16-26)31(35-23-27-17-9-3-10-18-27)32(36-29)37-28-19-11-4-12-20-28/h1-20,29-32H,21-24H2/t29-,30-,31-,32+/m1/s1. The highest BCUT2D eigenvalue weighted by molar-refractivity contribution is 7.99. The van der Waals surface area contributed by atoms with Crippen LogP contribution in [0, 0.1) is 0 Å². The van der Waals surface area contributed by atoms with Crippen molar-refractivity contribution in [3.8, 4) is 0 Å². The minimum Gasteiger partial charge on any atom is -0.374 e. The van der Waals surface area contributed by atoms with Gasteiger partial charge in [-0.15, -0.1) is 0 Å². The third-order valence-electron chi connectivity index (χ3n) is 6.23. The lowest BCUT2D eigenvalue weighted by Crippen LogP contribution is -2.38. The van der Waals surface area contributed by atoms with Crippen molar-refractivity contribution < 1.29 is 18.9 Å². The largest absolute Gasteiger partial charge is 0.374 e. The zero-order chi connectivity index (χ0) is 25.1. The molecule has 0 bridgehead atoms. The van der Waals surface area contributed by atoms with E-state index in [2.05, 4.69) is 48.5 Å². The Hall–Kier alpha value is -2.93. The van der Waals surface area contributed by atoms with Crippen molar-refractivity contribution in [2.75, 3.05) is 6.61 Å². The van der Waals surface area contributed by atoms with Gasteiger partial charge in [-0.25, -0.2) is 0 Å². The van der Waals surface area contributed by atoms with Gasteiger partial charge in [0.05, 0.1) is 26.4 Å². The number of hydrogen-bond donors (Lipinski definition) is 0. The van der Waals surface area contributed by atoms with Crippen LogP contribution in [0.15, 0.2) is 126 Å². The third kappa shape index (κ3) is 7.54. The molecular weight excluding hydrogens is 480 g/mol. The molecule has 0 unspecified atom stereocenters. The lowest BCUT2D eigenvalue weighted by Gasteiger charge is -2.25. The SMILES string of the molecule is c1ccc(COC[C@H]2O[C@@H](Sc3ccccc3)[C@H](OCc3ccccc3)[C@@H]2OCc2ccccc2)cc1. The van der Waals surface area contributed by atoms with Crippen LogP contribution in [-0.4, -0.2) is 30.4 Å². The molecule has 5 heteroatoms. The highest BCUT2D eigenvalue weighted by Crippen LogP contribution is 2.38. The van der Waals surface area contributed by atoms with Crippen LogP contribution in [0.4, 0.5) is 0 Å². The molecule has 4 nitrogen and oxygen atoms in total. The first-order chi connectivity index (χ1) is 18.3. The maximum atomic E-state index is 6.59. The highest BCUT2D eigenvalue weighted by Gasteiger charge is 2.47. The molecule has 5 rings (SSSR count). The molecule has 0 amide bonds. The Morgan fingerprint density at radius 3 is 1.54 bits per heavy atom. The van der Waals surface area contributed by atoms with Gasteiger partial charge >= 0.3 is 0 Å². The molecular formula is C32H32O4S. The second-order valence-electron chi connectivity index (χ2n) is 9.00. The van der Waals surface area contributed by atoms with E-state index in [0.717, 1.165) is 21.6 Å². The Morgan fingerprint density at radius 1 is 0.541 bits per heavy atom. The summed E-state index contributed by atoms with van der Waals surface area (Å²) in [6.45, 7) is 1.92. The van der Waals surface area contributed by atoms with Crippen LogP contribution in [0.1, 0.15) is 16.7 Å². The van der Waals surface area contributed by atoms with Gasteiger partial charge in [-0.2, -0.15) is 0 Å². The van der Waals surface area contributed by atoms with Crippen LogP contribution in [0.2, 0.25) is 0 Å². The fourth-order valence-electron chi connectivity index (χ4n) is 4.33. The van der Waals surface area contributed by atoms with Crippen molar-refractivity contribution in [2.24, 2.45) is 0 Å². The van der Waals surface area contributed by atoms with Gasteiger partial charge in [0, 0.05) is 4.90 Å². The summed E-state index contributed by atoms with van der Waals surface area (Å²) in [6.07, 6.45) is -0.797. The second kappa shape index (κ2) is 13.6. The second-order valence-corrected chi connectivity index (χ2v) is 10.2. The lowest BCUT2D eigenvalue weighted by molar-refractivity contribution is -0.0895. The van der Waals surface area contributed by atoms with Crippen LogP contribution in [0.5, 0.6) is 0 Å². The van der Waals surface area contributed by atoms with Gasteiger partial charge in [-0.3, -0.25) is 0 Å². The first-order valence-electron chi connectivity index (χ1n) is 12.6. The van der Waals surface area contributed by atoms with E-state index in [1.165, 1.54) is 0 Å². The van der Waals surface area contributed by atoms with E-state index in [1.54, 1.807) is 11.8 Å². The van der Waals surface area contributed by atoms with E-state index in [9.17, 15) is 0 Å². The van der Waals surface area contributed by atoms with E-state index < -0.39 is 0 Å². The van der Waals surface area contributed by atoms with Crippen molar-refractivity contribution in [3.63, 3.8) is 0 Å². The molecule has 4 aromatic carbocycles. The Bertz CT molecular complexity index is 1170. The van der Waals surface area contributed by atoms with Gasteiger partial charge in [0.1, 0.15) is 23.7 Å². The number of thioether (sulfide) groups is 1. The van der Waals surface area contributed by atoms with Gasteiger partial charge in [0.2, 0.25) is 0 Å². The summed E-state index contributed by atoms with van der Waals surface area (Å²) in [7, 11) is 0. The molecule has 0 saturated carbocycles. The van der Waals surface area contributed by atoms with Gasteiger partial charge in [-0.1, -0.05) is 121 Å². The van der Waals surface area contributed by atoms with Crippen LogP contribution in [0.3, 0.4) is 0 Å². The van der Waals surface area contributed by atoms with Gasteiger partial charge in [0.25, 0.3) is 0 Å². The molecule has 4 aromatic rings. The summed E-state index contributed by atoms with van der Waals surface area (Å²) in [6, 6.07) is 41.0. The quantitative estimate of drug-likeness (QED) is 0.207. The monoisotopic (exact) mass is 512 g/mol. The van der Waals surface area contributed by atoms with E-state index in [4.69, 9.17) is 18.9 Å². The molecule has 4 atom stereocenters. The normalized spacial score (nSPS) is 21.2. The summed E-state index contributed by atoms with van der Waals surface area (Å²) in [4.78, 5) is 1.13. The average Bonchev–Trinajstić information content (AvgIpc) is 3.28. The molecule has 0 radical (unpaired) electrons. The third-order valence-corrected chi connectivity index (χ3v) is 7.38. The first kappa shape index (κ1) is 25.7. The fraction of sp³-hybridized carbons (Fsp3) is 0.250. The van der Waals surface area contributed by atoms with E-state index in [-0.39, 0.29) is 23.7 Å². The topological polar surface area (TPSA) is 36.9 Å². The molecule has 37 heavy (non-hydrogen) atoms. The zero-order valence-corrected chi connectivity index (χ0v) is 21.5. The van der Waals surface area contributed by atoms with Crippen molar-refractivity contribution in [3.05, 3.63) is 138 Å². The van der Waals surface area contributed by atoms with Gasteiger partial charge in [0.15, 0.2) is 0 Å². The van der Waals surface area contributed by atoms with Crippen LogP contribution in [0.25, 0.3) is 0 Å². The number of rotatable bonds is 12. The Labute approximate surface area is 223 Å². The number of ether oxygens (including phenoxy) is 4. The Balaban J connectivity index is 1.33.